The maximum atomic E-state index is 13.1. The zero-order chi connectivity index (χ0) is 22.1. The largest absolute Gasteiger partial charge is 0.465 e. The molecule has 6 heteroatoms. The van der Waals surface area contributed by atoms with Gasteiger partial charge in [0, 0.05) is 59.6 Å². The van der Waals surface area contributed by atoms with Crippen LogP contribution in [0.25, 0.3) is 22.0 Å². The van der Waals surface area contributed by atoms with E-state index in [0.29, 0.717) is 24.9 Å². The van der Waals surface area contributed by atoms with E-state index < -0.39 is 0 Å². The van der Waals surface area contributed by atoms with Crippen molar-refractivity contribution < 1.29 is 13.9 Å². The van der Waals surface area contributed by atoms with E-state index in [1.54, 1.807) is 12.1 Å². The minimum absolute atomic E-state index is 0.0848. The van der Waals surface area contributed by atoms with Crippen molar-refractivity contribution in [3.8, 4) is 17.1 Å². The van der Waals surface area contributed by atoms with Crippen LogP contribution in [0, 0.1) is 6.92 Å². The molecule has 0 unspecified atom stereocenters. The lowest BCUT2D eigenvalue weighted by Crippen LogP contribution is -2.39. The number of benzene rings is 1. The van der Waals surface area contributed by atoms with Crippen LogP contribution < -0.4 is 4.74 Å². The standard InChI is InChI=1S/C26H27N3O3/c1-3-31-22-10-9-21(32-22)26(30)29-15-5-7-19(16-29)25-23(18-11-13-27-14-12-18)20-8-4-6-17(2)24(20)28-25/h4,6,8-14,19,28H,3,5,7,15-16H2,1-2H3/t19-/m1/s1. The number of carbonyl (C=O) groups is 1. The number of hydrogen-bond donors (Lipinski definition) is 1. The first kappa shape index (κ1) is 20.4. The third-order valence-corrected chi connectivity index (χ3v) is 6.24. The second-order valence-corrected chi connectivity index (χ2v) is 8.29. The Balaban J connectivity index is 1.50. The highest BCUT2D eigenvalue weighted by Gasteiger charge is 2.30. The van der Waals surface area contributed by atoms with Crippen molar-refractivity contribution in [1.29, 1.82) is 0 Å². The molecular weight excluding hydrogens is 402 g/mol. The molecule has 1 saturated heterocycles. The normalized spacial score (nSPS) is 16.4. The van der Waals surface area contributed by atoms with E-state index in [-0.39, 0.29) is 11.8 Å². The molecule has 1 atom stereocenters. The molecule has 0 saturated carbocycles. The summed E-state index contributed by atoms with van der Waals surface area (Å²) in [6.07, 6.45) is 5.63. The Morgan fingerprint density at radius 2 is 2.06 bits per heavy atom. The minimum atomic E-state index is -0.0848. The maximum absolute atomic E-state index is 13.1. The number of likely N-dealkylation sites (tertiary alicyclic amines) is 1. The molecule has 0 spiro atoms. The van der Waals surface area contributed by atoms with Gasteiger partial charge in [-0.2, -0.15) is 0 Å². The monoisotopic (exact) mass is 429 g/mol. The molecule has 1 fully saturated rings. The van der Waals surface area contributed by atoms with Gasteiger partial charge >= 0.3 is 0 Å². The van der Waals surface area contributed by atoms with Crippen molar-refractivity contribution in [3.63, 3.8) is 0 Å². The average Bonchev–Trinajstić information content (AvgIpc) is 3.45. The highest BCUT2D eigenvalue weighted by molar-refractivity contribution is 5.99. The number of aromatic nitrogens is 2. The Morgan fingerprint density at radius 1 is 1.22 bits per heavy atom. The van der Waals surface area contributed by atoms with Gasteiger partial charge in [0.25, 0.3) is 11.9 Å². The molecule has 0 radical (unpaired) electrons. The summed E-state index contributed by atoms with van der Waals surface area (Å²) < 4.78 is 11.0. The first-order valence-electron chi connectivity index (χ1n) is 11.2. The molecule has 164 valence electrons. The Hall–Kier alpha value is -3.54. The smallest absolute Gasteiger partial charge is 0.289 e. The number of fused-ring (bicyclic) bond motifs is 1. The fourth-order valence-electron chi connectivity index (χ4n) is 4.73. The van der Waals surface area contributed by atoms with E-state index in [1.807, 2.05) is 24.2 Å². The lowest BCUT2D eigenvalue weighted by Gasteiger charge is -2.32. The zero-order valence-electron chi connectivity index (χ0n) is 18.4. The predicted molar refractivity (Wildman–Crippen MR) is 124 cm³/mol. The third-order valence-electron chi connectivity index (χ3n) is 6.24. The summed E-state index contributed by atoms with van der Waals surface area (Å²) in [6.45, 7) is 5.89. The van der Waals surface area contributed by atoms with E-state index in [2.05, 4.69) is 47.2 Å². The molecule has 0 aliphatic carbocycles. The van der Waals surface area contributed by atoms with Crippen molar-refractivity contribution in [2.75, 3.05) is 19.7 Å². The molecule has 3 aromatic heterocycles. The van der Waals surface area contributed by atoms with Gasteiger partial charge in [-0.3, -0.25) is 9.78 Å². The summed E-state index contributed by atoms with van der Waals surface area (Å²) in [5.41, 5.74) is 5.91. The minimum Gasteiger partial charge on any atom is -0.465 e. The molecule has 1 aromatic carbocycles. The summed E-state index contributed by atoms with van der Waals surface area (Å²) >= 11 is 0. The molecule has 6 nitrogen and oxygen atoms in total. The van der Waals surface area contributed by atoms with Crippen molar-refractivity contribution in [2.24, 2.45) is 0 Å². The molecule has 4 aromatic rings. The number of pyridine rings is 1. The molecule has 1 N–H and O–H groups in total. The molecule has 4 heterocycles. The van der Waals surface area contributed by atoms with Gasteiger partial charge in [0.1, 0.15) is 0 Å². The quantitative estimate of drug-likeness (QED) is 0.451. The van der Waals surface area contributed by atoms with Gasteiger partial charge in [0.2, 0.25) is 0 Å². The van der Waals surface area contributed by atoms with Crippen molar-refractivity contribution in [1.82, 2.24) is 14.9 Å². The number of aromatic amines is 1. The second kappa shape index (κ2) is 8.54. The van der Waals surface area contributed by atoms with Crippen molar-refractivity contribution >= 4 is 16.8 Å². The van der Waals surface area contributed by atoms with Crippen LogP contribution in [0.4, 0.5) is 0 Å². The molecular formula is C26H27N3O3. The Kier molecular flexibility index (Phi) is 5.43. The topological polar surface area (TPSA) is 71.4 Å². The highest BCUT2D eigenvalue weighted by atomic mass is 16.6. The summed E-state index contributed by atoms with van der Waals surface area (Å²) in [5, 5.41) is 1.21. The zero-order valence-corrected chi connectivity index (χ0v) is 18.4. The van der Waals surface area contributed by atoms with Crippen LogP contribution >= 0.6 is 0 Å². The van der Waals surface area contributed by atoms with E-state index in [4.69, 9.17) is 9.15 Å². The SMILES string of the molecule is CCOc1ccc(C(=O)N2CCC[C@@H](c3[nH]c4c(C)cccc4c3-c3ccncc3)C2)o1. The van der Waals surface area contributed by atoms with E-state index in [0.717, 1.165) is 30.5 Å². The van der Waals surface area contributed by atoms with Crippen LogP contribution in [0.3, 0.4) is 0 Å². The number of furan rings is 1. The van der Waals surface area contributed by atoms with Gasteiger partial charge in [-0.15, -0.1) is 0 Å². The summed E-state index contributed by atoms with van der Waals surface area (Å²) in [5.74, 6) is 0.841. The third kappa shape index (κ3) is 3.66. The van der Waals surface area contributed by atoms with Gasteiger partial charge < -0.3 is 19.0 Å². The van der Waals surface area contributed by atoms with Gasteiger partial charge in [0.15, 0.2) is 5.76 Å². The Morgan fingerprint density at radius 3 is 2.88 bits per heavy atom. The van der Waals surface area contributed by atoms with Crippen molar-refractivity contribution in [3.05, 3.63) is 71.9 Å². The number of amides is 1. The predicted octanol–water partition coefficient (Wildman–Crippen LogP) is 5.55. The van der Waals surface area contributed by atoms with Crippen LogP contribution in [-0.2, 0) is 0 Å². The molecule has 32 heavy (non-hydrogen) atoms. The van der Waals surface area contributed by atoms with Gasteiger partial charge in [-0.25, -0.2) is 0 Å². The number of nitrogens with one attached hydrogen (secondary N) is 1. The fraction of sp³-hybridized carbons (Fsp3) is 0.308. The van der Waals surface area contributed by atoms with Gasteiger partial charge in [-0.05, 0) is 56.0 Å². The Labute approximate surface area is 187 Å². The molecule has 1 aliphatic rings. The lowest BCUT2D eigenvalue weighted by atomic mass is 9.89. The number of carbonyl (C=O) groups excluding carboxylic acids is 1. The molecule has 1 aliphatic heterocycles. The number of aryl methyl sites for hydroxylation is 1. The second-order valence-electron chi connectivity index (χ2n) is 8.29. The number of hydrogen-bond acceptors (Lipinski definition) is 4. The first-order chi connectivity index (χ1) is 15.7. The van der Waals surface area contributed by atoms with E-state index in [9.17, 15) is 4.79 Å². The number of nitrogens with zero attached hydrogens (tertiary/aromatic N) is 2. The lowest BCUT2D eigenvalue weighted by molar-refractivity contribution is 0.0666. The first-order valence-corrected chi connectivity index (χ1v) is 11.2. The summed E-state index contributed by atoms with van der Waals surface area (Å²) in [4.78, 5) is 22.9. The van der Waals surface area contributed by atoms with Crippen LogP contribution in [-0.4, -0.2) is 40.5 Å². The van der Waals surface area contributed by atoms with E-state index >= 15 is 0 Å². The highest BCUT2D eigenvalue weighted by Crippen LogP contribution is 2.40. The van der Waals surface area contributed by atoms with Crippen molar-refractivity contribution in [2.45, 2.75) is 32.6 Å². The maximum Gasteiger partial charge on any atom is 0.289 e. The molecule has 1 amide bonds. The van der Waals surface area contributed by atoms with Crippen LogP contribution in [0.2, 0.25) is 0 Å². The number of H-pyrrole nitrogens is 1. The van der Waals surface area contributed by atoms with Gasteiger partial charge in [-0.1, -0.05) is 18.2 Å². The summed E-state index contributed by atoms with van der Waals surface area (Å²) in [6, 6.07) is 13.9. The van der Waals surface area contributed by atoms with Crippen LogP contribution in [0.1, 0.15) is 47.5 Å². The number of piperidine rings is 1. The molecule has 5 rings (SSSR count). The average molecular weight is 430 g/mol. The fourth-order valence-corrected chi connectivity index (χ4v) is 4.73. The van der Waals surface area contributed by atoms with Crippen LogP contribution in [0.15, 0.2) is 59.3 Å². The van der Waals surface area contributed by atoms with Gasteiger partial charge in [0.05, 0.1) is 6.61 Å². The number of rotatable bonds is 5. The summed E-state index contributed by atoms with van der Waals surface area (Å²) in [7, 11) is 0. The number of para-hydroxylation sites is 1. The number of ether oxygens (including phenoxy) is 1. The van der Waals surface area contributed by atoms with E-state index in [1.165, 1.54) is 22.2 Å². The van der Waals surface area contributed by atoms with Crippen LogP contribution in [0.5, 0.6) is 5.95 Å². The Bertz CT molecular complexity index is 1240. The molecule has 0 bridgehead atoms.